The fourth-order valence-corrected chi connectivity index (χ4v) is 3.66. The highest BCUT2D eigenvalue weighted by Gasteiger charge is 2.39. The third-order valence-corrected chi connectivity index (χ3v) is 4.48. The van der Waals surface area contributed by atoms with Gasteiger partial charge in [-0.05, 0) is 49.1 Å². The number of aromatic nitrogens is 1. The number of fused-ring (bicyclic) bond motifs is 2. The molecule has 2 aliphatic rings. The van der Waals surface area contributed by atoms with E-state index >= 15 is 0 Å². The molecule has 1 aromatic rings. The van der Waals surface area contributed by atoms with Gasteiger partial charge in [0, 0.05) is 13.6 Å². The minimum Gasteiger partial charge on any atom is -0.359 e. The molecule has 2 bridgehead atoms. The molecule has 0 spiro atoms. The van der Waals surface area contributed by atoms with Crippen LogP contribution in [0.4, 0.5) is 10.2 Å². The van der Waals surface area contributed by atoms with Gasteiger partial charge in [-0.1, -0.05) is 12.5 Å². The molecule has 3 unspecified atom stereocenters. The highest BCUT2D eigenvalue weighted by atomic mass is 19.1. The molecule has 2 saturated carbocycles. The molecule has 2 nitrogen and oxygen atoms in total. The molecule has 2 aliphatic carbocycles. The SMILES string of the molecule is CN(CC1CC2CCC1C2)c1cccc(F)n1. The summed E-state index contributed by atoms with van der Waals surface area (Å²) < 4.78 is 13.1. The van der Waals surface area contributed by atoms with Crippen LogP contribution in [0.1, 0.15) is 25.7 Å². The molecule has 0 amide bonds. The molecule has 3 atom stereocenters. The Morgan fingerprint density at radius 3 is 2.88 bits per heavy atom. The van der Waals surface area contributed by atoms with E-state index in [0.717, 1.165) is 30.1 Å². The summed E-state index contributed by atoms with van der Waals surface area (Å²) in [6, 6.07) is 5.01. The second-order valence-electron chi connectivity index (χ2n) is 5.63. The van der Waals surface area contributed by atoms with E-state index < -0.39 is 0 Å². The number of halogens is 1. The fourth-order valence-electron chi connectivity index (χ4n) is 3.66. The lowest BCUT2D eigenvalue weighted by Gasteiger charge is -2.27. The molecule has 17 heavy (non-hydrogen) atoms. The summed E-state index contributed by atoms with van der Waals surface area (Å²) in [5.41, 5.74) is 0. The van der Waals surface area contributed by atoms with Gasteiger partial charge in [0.2, 0.25) is 5.95 Å². The van der Waals surface area contributed by atoms with Gasteiger partial charge in [0.25, 0.3) is 0 Å². The van der Waals surface area contributed by atoms with Crippen molar-refractivity contribution in [1.82, 2.24) is 4.98 Å². The molecule has 3 rings (SSSR count). The minimum absolute atomic E-state index is 0.387. The zero-order valence-electron chi connectivity index (χ0n) is 10.3. The predicted molar refractivity (Wildman–Crippen MR) is 66.4 cm³/mol. The van der Waals surface area contributed by atoms with Gasteiger partial charge >= 0.3 is 0 Å². The number of nitrogens with zero attached hydrogens (tertiary/aromatic N) is 2. The number of hydrogen-bond acceptors (Lipinski definition) is 2. The minimum atomic E-state index is -0.387. The molecule has 1 heterocycles. The Bertz CT molecular complexity index is 407. The van der Waals surface area contributed by atoms with Crippen LogP contribution in [-0.4, -0.2) is 18.6 Å². The number of rotatable bonds is 3. The van der Waals surface area contributed by atoms with Crippen LogP contribution in [0.15, 0.2) is 18.2 Å². The Morgan fingerprint density at radius 1 is 1.35 bits per heavy atom. The van der Waals surface area contributed by atoms with Crippen LogP contribution in [0.5, 0.6) is 0 Å². The Hall–Kier alpha value is -1.12. The monoisotopic (exact) mass is 234 g/mol. The Labute approximate surface area is 102 Å². The largest absolute Gasteiger partial charge is 0.359 e. The summed E-state index contributed by atoms with van der Waals surface area (Å²) in [6.07, 6.45) is 5.63. The highest BCUT2D eigenvalue weighted by molar-refractivity contribution is 5.36. The van der Waals surface area contributed by atoms with Crippen molar-refractivity contribution < 1.29 is 4.39 Å². The van der Waals surface area contributed by atoms with Crippen molar-refractivity contribution in [2.24, 2.45) is 17.8 Å². The van der Waals surface area contributed by atoms with E-state index in [2.05, 4.69) is 9.88 Å². The normalized spacial score (nSPS) is 30.8. The van der Waals surface area contributed by atoms with Gasteiger partial charge in [0.05, 0.1) is 0 Å². The van der Waals surface area contributed by atoms with E-state index in [1.165, 1.54) is 31.7 Å². The third kappa shape index (κ3) is 2.15. The molecular weight excluding hydrogens is 215 g/mol. The van der Waals surface area contributed by atoms with Crippen LogP contribution in [0, 0.1) is 23.7 Å². The first kappa shape index (κ1) is 11.0. The van der Waals surface area contributed by atoms with Crippen molar-refractivity contribution in [2.45, 2.75) is 25.7 Å². The van der Waals surface area contributed by atoms with Crippen molar-refractivity contribution in [3.05, 3.63) is 24.1 Å². The molecule has 3 heteroatoms. The standard InChI is InChI=1S/C14H19FN2/c1-17(14-4-2-3-13(15)16-14)9-12-8-10-5-6-11(12)7-10/h2-4,10-12H,5-9H2,1H3. The lowest BCUT2D eigenvalue weighted by atomic mass is 9.88. The van der Waals surface area contributed by atoms with Crippen LogP contribution >= 0.6 is 0 Å². The fraction of sp³-hybridized carbons (Fsp3) is 0.643. The van der Waals surface area contributed by atoms with Crippen LogP contribution in [0.2, 0.25) is 0 Å². The van der Waals surface area contributed by atoms with Crippen molar-refractivity contribution in [3.63, 3.8) is 0 Å². The van der Waals surface area contributed by atoms with E-state index in [-0.39, 0.29) is 5.95 Å². The number of hydrogen-bond donors (Lipinski definition) is 0. The van der Waals surface area contributed by atoms with Gasteiger partial charge in [0.15, 0.2) is 0 Å². The van der Waals surface area contributed by atoms with Crippen molar-refractivity contribution in [1.29, 1.82) is 0 Å². The summed E-state index contributed by atoms with van der Waals surface area (Å²) >= 11 is 0. The maximum Gasteiger partial charge on any atom is 0.214 e. The first-order valence-electron chi connectivity index (χ1n) is 6.56. The third-order valence-electron chi connectivity index (χ3n) is 4.48. The zero-order valence-corrected chi connectivity index (χ0v) is 10.3. The summed E-state index contributed by atoms with van der Waals surface area (Å²) in [4.78, 5) is 6.04. The van der Waals surface area contributed by atoms with Crippen LogP contribution < -0.4 is 4.90 Å². The summed E-state index contributed by atoms with van der Waals surface area (Å²) in [5.74, 6) is 3.05. The van der Waals surface area contributed by atoms with Gasteiger partial charge < -0.3 is 4.90 Å². The average Bonchev–Trinajstić information content (AvgIpc) is 2.91. The molecule has 2 fully saturated rings. The van der Waals surface area contributed by atoms with E-state index in [9.17, 15) is 4.39 Å². The van der Waals surface area contributed by atoms with Crippen molar-refractivity contribution >= 4 is 5.82 Å². The molecule has 0 radical (unpaired) electrons. The van der Waals surface area contributed by atoms with Gasteiger partial charge in [0.1, 0.15) is 5.82 Å². The maximum atomic E-state index is 13.1. The van der Waals surface area contributed by atoms with Crippen LogP contribution in [0.25, 0.3) is 0 Å². The lowest BCUT2D eigenvalue weighted by Crippen LogP contribution is -2.29. The van der Waals surface area contributed by atoms with Crippen LogP contribution in [-0.2, 0) is 0 Å². The smallest absolute Gasteiger partial charge is 0.214 e. The first-order chi connectivity index (χ1) is 8.22. The number of pyridine rings is 1. The molecule has 0 saturated heterocycles. The summed E-state index contributed by atoms with van der Waals surface area (Å²) in [5, 5.41) is 0. The van der Waals surface area contributed by atoms with Gasteiger partial charge in [-0.2, -0.15) is 4.39 Å². The topological polar surface area (TPSA) is 16.1 Å². The molecular formula is C14H19FN2. The molecule has 0 aliphatic heterocycles. The zero-order chi connectivity index (χ0) is 11.8. The van der Waals surface area contributed by atoms with Crippen molar-refractivity contribution in [3.8, 4) is 0 Å². The highest BCUT2D eigenvalue weighted by Crippen LogP contribution is 2.48. The van der Waals surface area contributed by atoms with Gasteiger partial charge in [-0.25, -0.2) is 4.98 Å². The molecule has 0 N–H and O–H groups in total. The molecule has 92 valence electrons. The lowest BCUT2D eigenvalue weighted by molar-refractivity contribution is 0.337. The van der Waals surface area contributed by atoms with E-state index in [4.69, 9.17) is 0 Å². The Morgan fingerprint density at radius 2 is 2.24 bits per heavy atom. The van der Waals surface area contributed by atoms with Gasteiger partial charge in [-0.3, -0.25) is 0 Å². The first-order valence-corrected chi connectivity index (χ1v) is 6.56. The second-order valence-corrected chi connectivity index (χ2v) is 5.63. The molecule has 1 aromatic heterocycles. The van der Waals surface area contributed by atoms with E-state index in [1.807, 2.05) is 13.1 Å². The van der Waals surface area contributed by atoms with E-state index in [0.29, 0.717) is 0 Å². The second kappa shape index (κ2) is 4.28. The van der Waals surface area contributed by atoms with Gasteiger partial charge in [-0.15, -0.1) is 0 Å². The maximum absolute atomic E-state index is 13.1. The summed E-state index contributed by atoms with van der Waals surface area (Å²) in [6.45, 7) is 1.03. The van der Waals surface area contributed by atoms with E-state index in [1.54, 1.807) is 6.07 Å². The summed E-state index contributed by atoms with van der Waals surface area (Å²) in [7, 11) is 2.02. The quantitative estimate of drug-likeness (QED) is 0.747. The number of anilines is 1. The average molecular weight is 234 g/mol. The predicted octanol–water partition coefficient (Wildman–Crippen LogP) is 3.09. The Balaban J connectivity index is 1.65. The molecule has 0 aromatic carbocycles. The van der Waals surface area contributed by atoms with Crippen molar-refractivity contribution in [2.75, 3.05) is 18.5 Å². The Kier molecular flexibility index (Phi) is 2.77. The van der Waals surface area contributed by atoms with Crippen LogP contribution in [0.3, 0.4) is 0 Å².